The van der Waals surface area contributed by atoms with Gasteiger partial charge in [0.15, 0.2) is 9.84 Å². The molecule has 0 atom stereocenters. The van der Waals surface area contributed by atoms with E-state index in [1.807, 2.05) is 31.2 Å². The quantitative estimate of drug-likeness (QED) is 0.660. The zero-order valence-electron chi connectivity index (χ0n) is 15.8. The minimum Gasteiger partial charge on any atom is -0.444 e. The van der Waals surface area contributed by atoms with E-state index in [0.29, 0.717) is 30.0 Å². The van der Waals surface area contributed by atoms with E-state index in [-0.39, 0.29) is 11.7 Å². The Hall–Kier alpha value is -2.93. The van der Waals surface area contributed by atoms with Gasteiger partial charge in [-0.05, 0) is 36.8 Å². The molecule has 146 valence electrons. The van der Waals surface area contributed by atoms with Crippen molar-refractivity contribution in [3.8, 4) is 11.5 Å². The highest BCUT2D eigenvalue weighted by Gasteiger charge is 2.10. The van der Waals surface area contributed by atoms with Crippen molar-refractivity contribution in [2.75, 3.05) is 12.8 Å². The van der Waals surface area contributed by atoms with Gasteiger partial charge in [0.2, 0.25) is 5.89 Å². The van der Waals surface area contributed by atoms with E-state index in [1.165, 1.54) is 11.8 Å². The molecule has 2 aromatic carbocycles. The van der Waals surface area contributed by atoms with Gasteiger partial charge < -0.3 is 9.73 Å². The highest BCUT2D eigenvalue weighted by molar-refractivity contribution is 7.89. The lowest BCUT2D eigenvalue weighted by molar-refractivity contribution is 0.0954. The smallest absolute Gasteiger partial charge is 0.251 e. The molecule has 0 radical (unpaired) electrons. The standard InChI is InChI=1S/C21H22N2O4S/c1-15-6-8-17(9-7-15)21-23-19(13-27-21)10-11-22-20(24)18-5-3-4-16(12-18)14-28(2,25)26/h3-9,12-13H,10-11,14H2,1-2H3,(H,22,24). The van der Waals surface area contributed by atoms with Gasteiger partial charge in [-0.2, -0.15) is 0 Å². The van der Waals surface area contributed by atoms with Gasteiger partial charge in [-0.1, -0.05) is 29.8 Å². The van der Waals surface area contributed by atoms with Crippen molar-refractivity contribution in [1.29, 1.82) is 0 Å². The normalized spacial score (nSPS) is 11.4. The number of amides is 1. The highest BCUT2D eigenvalue weighted by Crippen LogP contribution is 2.19. The summed E-state index contributed by atoms with van der Waals surface area (Å²) in [5.74, 6) is 0.210. The van der Waals surface area contributed by atoms with Crippen LogP contribution in [-0.4, -0.2) is 32.1 Å². The van der Waals surface area contributed by atoms with Gasteiger partial charge >= 0.3 is 0 Å². The third-order valence-corrected chi connectivity index (χ3v) is 4.99. The number of carbonyl (C=O) groups excluding carboxylic acids is 1. The van der Waals surface area contributed by atoms with E-state index in [4.69, 9.17) is 4.42 Å². The van der Waals surface area contributed by atoms with Gasteiger partial charge in [0.25, 0.3) is 5.91 Å². The molecule has 0 saturated carbocycles. The molecule has 0 aliphatic carbocycles. The topological polar surface area (TPSA) is 89.3 Å². The average molecular weight is 398 g/mol. The van der Waals surface area contributed by atoms with Crippen LogP contribution in [0.5, 0.6) is 0 Å². The number of sulfone groups is 1. The molecule has 0 aliphatic rings. The van der Waals surface area contributed by atoms with Crippen LogP contribution >= 0.6 is 0 Å². The third-order valence-electron chi connectivity index (χ3n) is 4.13. The zero-order chi connectivity index (χ0) is 20.1. The lowest BCUT2D eigenvalue weighted by Crippen LogP contribution is -2.25. The number of hydrogen-bond donors (Lipinski definition) is 1. The average Bonchev–Trinajstić information content (AvgIpc) is 3.10. The van der Waals surface area contributed by atoms with Crippen LogP contribution in [0.4, 0.5) is 0 Å². The number of rotatable bonds is 7. The van der Waals surface area contributed by atoms with Gasteiger partial charge in [-0.3, -0.25) is 4.79 Å². The molecule has 0 bridgehead atoms. The van der Waals surface area contributed by atoms with Gasteiger partial charge in [0.1, 0.15) is 6.26 Å². The van der Waals surface area contributed by atoms with E-state index in [0.717, 1.165) is 11.3 Å². The van der Waals surface area contributed by atoms with Gasteiger partial charge in [0.05, 0.1) is 11.4 Å². The first-order valence-electron chi connectivity index (χ1n) is 8.86. The second-order valence-electron chi connectivity index (χ2n) is 6.79. The highest BCUT2D eigenvalue weighted by atomic mass is 32.2. The molecule has 0 unspecified atom stereocenters. The second-order valence-corrected chi connectivity index (χ2v) is 8.93. The minimum atomic E-state index is -3.15. The van der Waals surface area contributed by atoms with E-state index < -0.39 is 9.84 Å². The first kappa shape index (κ1) is 19.8. The van der Waals surface area contributed by atoms with Crippen LogP contribution in [-0.2, 0) is 22.0 Å². The first-order valence-corrected chi connectivity index (χ1v) is 10.9. The number of aromatic nitrogens is 1. The number of benzene rings is 2. The van der Waals surface area contributed by atoms with Crippen molar-refractivity contribution in [3.05, 3.63) is 77.2 Å². The molecule has 0 saturated heterocycles. The predicted molar refractivity (Wildman–Crippen MR) is 108 cm³/mol. The Morgan fingerprint density at radius 1 is 1.14 bits per heavy atom. The third kappa shape index (κ3) is 5.53. The molecule has 0 aliphatic heterocycles. The van der Waals surface area contributed by atoms with Crippen molar-refractivity contribution < 1.29 is 17.6 Å². The summed E-state index contributed by atoms with van der Waals surface area (Å²) in [4.78, 5) is 16.8. The summed E-state index contributed by atoms with van der Waals surface area (Å²) in [6.07, 6.45) is 3.29. The number of nitrogens with one attached hydrogen (secondary N) is 1. The van der Waals surface area contributed by atoms with Crippen LogP contribution < -0.4 is 5.32 Å². The minimum absolute atomic E-state index is 0.0884. The molecule has 6 nitrogen and oxygen atoms in total. The Labute approximate surface area is 164 Å². The van der Waals surface area contributed by atoms with Crippen molar-refractivity contribution in [2.45, 2.75) is 19.1 Å². The fraction of sp³-hybridized carbons (Fsp3) is 0.238. The molecular formula is C21H22N2O4S. The number of nitrogens with zero attached hydrogens (tertiary/aromatic N) is 1. The van der Waals surface area contributed by atoms with Crippen molar-refractivity contribution >= 4 is 15.7 Å². The maximum Gasteiger partial charge on any atom is 0.251 e. The maximum atomic E-state index is 12.3. The van der Waals surface area contributed by atoms with Crippen LogP contribution in [0.15, 0.2) is 59.2 Å². The number of oxazole rings is 1. The van der Waals surface area contributed by atoms with E-state index in [2.05, 4.69) is 10.3 Å². The van der Waals surface area contributed by atoms with E-state index in [1.54, 1.807) is 30.5 Å². The summed E-state index contributed by atoms with van der Waals surface area (Å²) in [5.41, 5.74) is 3.85. The maximum absolute atomic E-state index is 12.3. The number of aryl methyl sites for hydroxylation is 1. The van der Waals surface area contributed by atoms with Crippen molar-refractivity contribution in [1.82, 2.24) is 10.3 Å². The lowest BCUT2D eigenvalue weighted by Gasteiger charge is -2.06. The molecule has 1 heterocycles. The Morgan fingerprint density at radius 2 is 1.89 bits per heavy atom. The van der Waals surface area contributed by atoms with E-state index in [9.17, 15) is 13.2 Å². The van der Waals surface area contributed by atoms with Crippen molar-refractivity contribution in [2.24, 2.45) is 0 Å². The molecule has 28 heavy (non-hydrogen) atoms. The molecule has 3 aromatic rings. The van der Waals surface area contributed by atoms with Gasteiger partial charge in [-0.15, -0.1) is 0 Å². The molecule has 7 heteroatoms. The molecule has 0 spiro atoms. The summed E-state index contributed by atoms with van der Waals surface area (Å²) < 4.78 is 28.3. The van der Waals surface area contributed by atoms with Crippen molar-refractivity contribution in [3.63, 3.8) is 0 Å². The molecule has 1 N–H and O–H groups in total. The predicted octanol–water partition coefficient (Wildman–Crippen LogP) is 3.17. The van der Waals surface area contributed by atoms with Crippen LogP contribution in [0, 0.1) is 6.92 Å². The van der Waals surface area contributed by atoms with Crippen LogP contribution in [0.25, 0.3) is 11.5 Å². The largest absolute Gasteiger partial charge is 0.444 e. The number of carbonyl (C=O) groups is 1. The Kier molecular flexibility index (Phi) is 5.94. The second kappa shape index (κ2) is 8.39. The Morgan fingerprint density at radius 3 is 2.61 bits per heavy atom. The molecule has 0 fully saturated rings. The summed E-state index contributed by atoms with van der Waals surface area (Å²) >= 11 is 0. The first-order chi connectivity index (χ1) is 13.3. The molecular weight excluding hydrogens is 376 g/mol. The van der Waals surface area contributed by atoms with Crippen LogP contribution in [0.1, 0.15) is 27.2 Å². The Balaban J connectivity index is 1.56. The molecule has 1 aromatic heterocycles. The summed E-state index contributed by atoms with van der Waals surface area (Å²) in [6, 6.07) is 14.5. The molecule has 1 amide bonds. The fourth-order valence-electron chi connectivity index (χ4n) is 2.76. The zero-order valence-corrected chi connectivity index (χ0v) is 16.6. The van der Waals surface area contributed by atoms with E-state index >= 15 is 0 Å². The summed E-state index contributed by atoms with van der Waals surface area (Å²) in [6.45, 7) is 2.42. The summed E-state index contributed by atoms with van der Waals surface area (Å²) in [7, 11) is -3.15. The van der Waals surface area contributed by atoms with Gasteiger partial charge in [0, 0.05) is 30.3 Å². The fourth-order valence-corrected chi connectivity index (χ4v) is 3.55. The lowest BCUT2D eigenvalue weighted by atomic mass is 10.1. The molecule has 3 rings (SSSR count). The monoisotopic (exact) mass is 398 g/mol. The van der Waals surface area contributed by atoms with Crippen LogP contribution in [0.2, 0.25) is 0 Å². The van der Waals surface area contributed by atoms with Crippen LogP contribution in [0.3, 0.4) is 0 Å². The summed E-state index contributed by atoms with van der Waals surface area (Å²) in [5, 5.41) is 2.82. The SMILES string of the molecule is Cc1ccc(-c2nc(CCNC(=O)c3cccc(CS(C)(=O)=O)c3)co2)cc1. The van der Waals surface area contributed by atoms with Gasteiger partial charge in [-0.25, -0.2) is 13.4 Å². The Bertz CT molecular complexity index is 1070. The number of hydrogen-bond acceptors (Lipinski definition) is 5.